The van der Waals surface area contributed by atoms with Crippen LogP contribution in [0.1, 0.15) is 6.92 Å². The first-order valence-electron chi connectivity index (χ1n) is 4.41. The van der Waals surface area contributed by atoms with Gasteiger partial charge in [-0.15, -0.1) is 0 Å². The average Bonchev–Trinajstić information content (AvgIpc) is 2.20. The van der Waals surface area contributed by atoms with Crippen molar-refractivity contribution < 1.29 is 9.72 Å². The lowest BCUT2D eigenvalue weighted by atomic mass is 10.2. The molecule has 86 valence electrons. The maximum absolute atomic E-state index is 10.8. The molecule has 0 radical (unpaired) electrons. The van der Waals surface area contributed by atoms with Crippen LogP contribution in [0.3, 0.4) is 0 Å². The minimum absolute atomic E-state index is 0.194. The highest BCUT2D eigenvalue weighted by atomic mass is 35.5. The Kier molecular flexibility index (Phi) is 3.68. The lowest BCUT2D eigenvalue weighted by molar-refractivity contribution is -0.384. The van der Waals surface area contributed by atoms with Gasteiger partial charge >= 0.3 is 0 Å². The van der Waals surface area contributed by atoms with Gasteiger partial charge in [0, 0.05) is 11.1 Å². The smallest absolute Gasteiger partial charge is 0.293 e. The van der Waals surface area contributed by atoms with E-state index in [0.717, 1.165) is 0 Å². The van der Waals surface area contributed by atoms with Gasteiger partial charge in [0.25, 0.3) is 5.69 Å². The van der Waals surface area contributed by atoms with Gasteiger partial charge in [0.15, 0.2) is 0 Å². The fraction of sp³-hybridized carbons (Fsp3) is 0.222. The second kappa shape index (κ2) is 4.80. The molecule has 0 aliphatic carbocycles. The molecule has 1 unspecified atom stereocenters. The quantitative estimate of drug-likeness (QED) is 0.619. The van der Waals surface area contributed by atoms with E-state index in [1.165, 1.54) is 25.1 Å². The molecule has 0 fully saturated rings. The Hall–Kier alpha value is -1.82. The summed E-state index contributed by atoms with van der Waals surface area (Å²) in [6.45, 7) is 1.51. The van der Waals surface area contributed by atoms with Crippen LogP contribution in [0.4, 0.5) is 11.4 Å². The number of hydrogen-bond acceptors (Lipinski definition) is 4. The van der Waals surface area contributed by atoms with Crippen LogP contribution in [-0.4, -0.2) is 16.9 Å². The first kappa shape index (κ1) is 12.3. The van der Waals surface area contributed by atoms with Crippen molar-refractivity contribution in [1.82, 2.24) is 0 Å². The number of nitro groups is 1. The maximum Gasteiger partial charge on any atom is 0.293 e. The number of benzene rings is 1. The number of carbonyl (C=O) groups excluding carboxylic acids is 1. The minimum atomic E-state index is -0.695. The van der Waals surface area contributed by atoms with Crippen molar-refractivity contribution in [2.75, 3.05) is 5.32 Å². The zero-order chi connectivity index (χ0) is 12.3. The second-order valence-electron chi connectivity index (χ2n) is 3.19. The van der Waals surface area contributed by atoms with E-state index in [1.807, 2.05) is 0 Å². The number of anilines is 1. The molecule has 0 heterocycles. The number of nitro benzene ring substituents is 1. The second-order valence-corrected chi connectivity index (χ2v) is 3.62. The summed E-state index contributed by atoms with van der Waals surface area (Å²) in [5.74, 6) is -0.593. The van der Waals surface area contributed by atoms with Crippen molar-refractivity contribution in [3.05, 3.63) is 33.3 Å². The first-order valence-corrected chi connectivity index (χ1v) is 4.79. The summed E-state index contributed by atoms with van der Waals surface area (Å²) >= 11 is 5.64. The van der Waals surface area contributed by atoms with Crippen LogP contribution < -0.4 is 11.1 Å². The summed E-state index contributed by atoms with van der Waals surface area (Å²) in [5, 5.41) is 13.6. The zero-order valence-corrected chi connectivity index (χ0v) is 9.19. The molecule has 1 aromatic carbocycles. The third-order valence-electron chi connectivity index (χ3n) is 1.96. The van der Waals surface area contributed by atoms with E-state index in [2.05, 4.69) is 5.32 Å². The highest BCUT2D eigenvalue weighted by molar-refractivity contribution is 6.30. The maximum atomic E-state index is 10.8. The molecule has 0 aromatic heterocycles. The summed E-state index contributed by atoms with van der Waals surface area (Å²) in [5.41, 5.74) is 5.06. The molecule has 1 aromatic rings. The van der Waals surface area contributed by atoms with E-state index in [1.54, 1.807) is 0 Å². The molecular weight excluding hydrogens is 234 g/mol. The van der Waals surface area contributed by atoms with Crippen molar-refractivity contribution in [1.29, 1.82) is 0 Å². The number of carbonyl (C=O) groups is 1. The monoisotopic (exact) mass is 243 g/mol. The van der Waals surface area contributed by atoms with Crippen LogP contribution >= 0.6 is 11.6 Å². The van der Waals surface area contributed by atoms with E-state index >= 15 is 0 Å². The van der Waals surface area contributed by atoms with Crippen LogP contribution in [0.15, 0.2) is 18.2 Å². The number of amides is 1. The number of nitrogens with two attached hydrogens (primary N) is 1. The summed E-state index contributed by atoms with van der Waals surface area (Å²) < 4.78 is 0. The number of primary amides is 1. The molecule has 7 heteroatoms. The molecule has 0 aliphatic heterocycles. The van der Waals surface area contributed by atoms with E-state index < -0.39 is 16.9 Å². The SMILES string of the molecule is CC(Nc1ccc(Cl)cc1[N+](=O)[O-])C(N)=O. The predicted octanol–water partition coefficient (Wildman–Crippen LogP) is 1.53. The Morgan fingerprint density at radius 1 is 1.62 bits per heavy atom. The molecule has 16 heavy (non-hydrogen) atoms. The van der Waals surface area contributed by atoms with E-state index in [9.17, 15) is 14.9 Å². The summed E-state index contributed by atoms with van der Waals surface area (Å²) in [6.07, 6.45) is 0. The van der Waals surface area contributed by atoms with Gasteiger partial charge in [0.05, 0.1) is 4.92 Å². The van der Waals surface area contributed by atoms with Crippen LogP contribution in [-0.2, 0) is 4.79 Å². The normalized spacial score (nSPS) is 11.9. The number of halogens is 1. The topological polar surface area (TPSA) is 98.3 Å². The first-order chi connectivity index (χ1) is 7.41. The molecule has 6 nitrogen and oxygen atoms in total. The summed E-state index contributed by atoms with van der Waals surface area (Å²) in [4.78, 5) is 21.0. The van der Waals surface area contributed by atoms with Gasteiger partial charge in [-0.1, -0.05) is 11.6 Å². The van der Waals surface area contributed by atoms with Gasteiger partial charge in [-0.2, -0.15) is 0 Å². The highest BCUT2D eigenvalue weighted by Gasteiger charge is 2.17. The molecule has 0 bridgehead atoms. The van der Waals surface area contributed by atoms with Crippen molar-refractivity contribution in [2.45, 2.75) is 13.0 Å². The standard InChI is InChI=1S/C9H10ClN3O3/c1-5(9(11)14)12-7-3-2-6(10)4-8(7)13(15)16/h2-5,12H,1H3,(H2,11,14). The van der Waals surface area contributed by atoms with Gasteiger partial charge < -0.3 is 11.1 Å². The fourth-order valence-electron chi connectivity index (χ4n) is 1.08. The van der Waals surface area contributed by atoms with Crippen molar-refractivity contribution in [3.63, 3.8) is 0 Å². The molecule has 3 N–H and O–H groups in total. The Bertz CT molecular complexity index is 436. The van der Waals surface area contributed by atoms with Crippen molar-refractivity contribution in [3.8, 4) is 0 Å². The van der Waals surface area contributed by atoms with Crippen LogP contribution in [0.5, 0.6) is 0 Å². The third kappa shape index (κ3) is 2.83. The Morgan fingerprint density at radius 3 is 2.75 bits per heavy atom. The highest BCUT2D eigenvalue weighted by Crippen LogP contribution is 2.28. The zero-order valence-electron chi connectivity index (χ0n) is 8.44. The Labute approximate surface area is 96.5 Å². The molecular formula is C9H10ClN3O3. The van der Waals surface area contributed by atoms with Crippen molar-refractivity contribution >= 4 is 28.9 Å². The van der Waals surface area contributed by atoms with Gasteiger partial charge in [0.1, 0.15) is 11.7 Å². The van der Waals surface area contributed by atoms with E-state index in [-0.39, 0.29) is 16.4 Å². The number of nitrogens with zero attached hydrogens (tertiary/aromatic N) is 1. The molecule has 0 saturated carbocycles. The Balaban J connectivity index is 3.04. The lowest BCUT2D eigenvalue weighted by Crippen LogP contribution is -2.32. The van der Waals surface area contributed by atoms with Gasteiger partial charge in [0.2, 0.25) is 5.91 Å². The fourth-order valence-corrected chi connectivity index (χ4v) is 1.25. The molecule has 0 saturated heterocycles. The largest absolute Gasteiger partial charge is 0.368 e. The van der Waals surface area contributed by atoms with Crippen LogP contribution in [0, 0.1) is 10.1 Å². The average molecular weight is 244 g/mol. The van der Waals surface area contributed by atoms with Crippen molar-refractivity contribution in [2.24, 2.45) is 5.73 Å². The predicted molar refractivity (Wildman–Crippen MR) is 60.4 cm³/mol. The summed E-state index contributed by atoms with van der Waals surface area (Å²) in [6, 6.07) is 3.43. The molecule has 1 rings (SSSR count). The number of hydrogen-bond donors (Lipinski definition) is 2. The van der Waals surface area contributed by atoms with Gasteiger partial charge in [-0.05, 0) is 19.1 Å². The number of rotatable bonds is 4. The summed E-state index contributed by atoms with van der Waals surface area (Å²) in [7, 11) is 0. The van der Waals surface area contributed by atoms with Gasteiger partial charge in [-0.3, -0.25) is 14.9 Å². The molecule has 1 amide bonds. The Morgan fingerprint density at radius 2 is 2.25 bits per heavy atom. The van der Waals surface area contributed by atoms with Crippen LogP contribution in [0.2, 0.25) is 5.02 Å². The van der Waals surface area contributed by atoms with E-state index in [4.69, 9.17) is 17.3 Å². The third-order valence-corrected chi connectivity index (χ3v) is 2.19. The lowest BCUT2D eigenvalue weighted by Gasteiger charge is -2.11. The van der Waals surface area contributed by atoms with E-state index in [0.29, 0.717) is 0 Å². The molecule has 0 spiro atoms. The minimum Gasteiger partial charge on any atom is -0.368 e. The number of nitrogens with one attached hydrogen (secondary N) is 1. The van der Waals surface area contributed by atoms with Crippen LogP contribution in [0.25, 0.3) is 0 Å². The van der Waals surface area contributed by atoms with Gasteiger partial charge in [-0.25, -0.2) is 0 Å². The molecule has 1 atom stereocenters. The molecule has 0 aliphatic rings.